The lowest BCUT2D eigenvalue weighted by Gasteiger charge is -2.42. The van der Waals surface area contributed by atoms with Crippen LogP contribution in [0.5, 0.6) is 0 Å². The van der Waals surface area contributed by atoms with Crippen LogP contribution in [-0.2, 0) is 9.53 Å². The zero-order chi connectivity index (χ0) is 12.8. The molecule has 17 heavy (non-hydrogen) atoms. The van der Waals surface area contributed by atoms with Crippen LogP contribution in [0.25, 0.3) is 0 Å². The number of nitrogens with zero attached hydrogens (tertiary/aromatic N) is 1. The summed E-state index contributed by atoms with van der Waals surface area (Å²) in [5, 5.41) is 0. The summed E-state index contributed by atoms with van der Waals surface area (Å²) < 4.78 is 4.73. The molecule has 0 aromatic heterocycles. The van der Waals surface area contributed by atoms with Crippen LogP contribution < -0.4 is 5.73 Å². The van der Waals surface area contributed by atoms with Crippen LogP contribution in [0.3, 0.4) is 0 Å². The van der Waals surface area contributed by atoms with Gasteiger partial charge in [0.15, 0.2) is 0 Å². The average molecular weight is 242 g/mol. The molecule has 2 N–H and O–H groups in total. The number of likely N-dealkylation sites (tertiary alicyclic amines) is 1. The third kappa shape index (κ3) is 3.96. The molecule has 1 heterocycles. The zero-order valence-electron chi connectivity index (χ0n) is 11.3. The van der Waals surface area contributed by atoms with Gasteiger partial charge in [-0.3, -0.25) is 9.69 Å². The molecule has 3 unspecified atom stereocenters. The summed E-state index contributed by atoms with van der Waals surface area (Å²) in [5.74, 6) is 0.663. The van der Waals surface area contributed by atoms with Crippen molar-refractivity contribution >= 4 is 5.97 Å². The van der Waals surface area contributed by atoms with Crippen LogP contribution in [0, 0.1) is 5.92 Å². The molecule has 0 saturated carbocycles. The van der Waals surface area contributed by atoms with Gasteiger partial charge in [-0.15, -0.1) is 0 Å². The number of hydrogen-bond acceptors (Lipinski definition) is 4. The second-order valence-corrected chi connectivity index (χ2v) is 5.06. The molecule has 0 aliphatic carbocycles. The van der Waals surface area contributed by atoms with Crippen LogP contribution in [0.4, 0.5) is 0 Å². The summed E-state index contributed by atoms with van der Waals surface area (Å²) in [5.41, 5.74) is 5.85. The highest BCUT2D eigenvalue weighted by Crippen LogP contribution is 2.27. The van der Waals surface area contributed by atoms with Crippen molar-refractivity contribution < 1.29 is 9.53 Å². The molecule has 0 radical (unpaired) electrons. The second-order valence-electron chi connectivity index (χ2n) is 5.06. The minimum Gasteiger partial charge on any atom is -0.469 e. The van der Waals surface area contributed by atoms with Gasteiger partial charge in [0.2, 0.25) is 0 Å². The van der Waals surface area contributed by atoms with Crippen molar-refractivity contribution in [3.63, 3.8) is 0 Å². The summed E-state index contributed by atoms with van der Waals surface area (Å²) in [4.78, 5) is 13.7. The molecule has 0 spiro atoms. The maximum atomic E-state index is 11.3. The standard InChI is InChI=1S/C13H26N2O2/c1-4-11-5-6-15(12(8-11)9-14)10(2)7-13(16)17-3/h10-12H,4-9,14H2,1-3H3. The first-order valence-electron chi connectivity index (χ1n) is 6.64. The van der Waals surface area contributed by atoms with E-state index < -0.39 is 0 Å². The van der Waals surface area contributed by atoms with Gasteiger partial charge in [0.1, 0.15) is 0 Å². The first kappa shape index (κ1) is 14.5. The van der Waals surface area contributed by atoms with E-state index in [4.69, 9.17) is 10.5 Å². The predicted molar refractivity (Wildman–Crippen MR) is 68.7 cm³/mol. The molecular weight excluding hydrogens is 216 g/mol. The number of methoxy groups -OCH3 is 1. The molecule has 1 fully saturated rings. The Bertz CT molecular complexity index is 246. The number of esters is 1. The fourth-order valence-corrected chi connectivity index (χ4v) is 2.78. The lowest BCUT2D eigenvalue weighted by atomic mass is 9.87. The number of piperidine rings is 1. The fourth-order valence-electron chi connectivity index (χ4n) is 2.78. The third-order valence-corrected chi connectivity index (χ3v) is 3.98. The van der Waals surface area contributed by atoms with E-state index in [1.54, 1.807) is 0 Å². The quantitative estimate of drug-likeness (QED) is 0.740. The fraction of sp³-hybridized carbons (Fsp3) is 0.923. The van der Waals surface area contributed by atoms with Crippen molar-refractivity contribution in [2.75, 3.05) is 20.2 Å². The van der Waals surface area contributed by atoms with E-state index in [1.807, 2.05) is 0 Å². The Labute approximate surface area is 104 Å². The maximum Gasteiger partial charge on any atom is 0.307 e. The number of nitrogens with two attached hydrogens (primary N) is 1. The molecule has 0 aromatic carbocycles. The van der Waals surface area contributed by atoms with Gasteiger partial charge in [0.25, 0.3) is 0 Å². The SMILES string of the molecule is CCC1CCN(C(C)CC(=O)OC)C(CN)C1. The number of hydrogen-bond donors (Lipinski definition) is 1. The summed E-state index contributed by atoms with van der Waals surface area (Å²) in [6.45, 7) is 6.07. The van der Waals surface area contributed by atoms with E-state index in [9.17, 15) is 4.79 Å². The van der Waals surface area contributed by atoms with Gasteiger partial charge in [-0.1, -0.05) is 13.3 Å². The predicted octanol–water partition coefficient (Wildman–Crippen LogP) is 1.39. The maximum absolute atomic E-state index is 11.3. The largest absolute Gasteiger partial charge is 0.469 e. The molecule has 1 aliphatic heterocycles. The van der Waals surface area contributed by atoms with Gasteiger partial charge < -0.3 is 10.5 Å². The van der Waals surface area contributed by atoms with Crippen LogP contribution in [0.2, 0.25) is 0 Å². The van der Waals surface area contributed by atoms with Crippen molar-refractivity contribution in [2.24, 2.45) is 11.7 Å². The van der Waals surface area contributed by atoms with E-state index >= 15 is 0 Å². The Morgan fingerprint density at radius 1 is 1.59 bits per heavy atom. The molecule has 4 heteroatoms. The van der Waals surface area contributed by atoms with E-state index in [0.717, 1.165) is 12.5 Å². The Morgan fingerprint density at radius 2 is 2.29 bits per heavy atom. The topological polar surface area (TPSA) is 55.6 Å². The molecule has 100 valence electrons. The zero-order valence-corrected chi connectivity index (χ0v) is 11.3. The lowest BCUT2D eigenvalue weighted by Crippen LogP contribution is -2.51. The lowest BCUT2D eigenvalue weighted by molar-refractivity contribution is -0.142. The Kier molecular flexibility index (Phi) is 5.92. The smallest absolute Gasteiger partial charge is 0.307 e. The highest BCUT2D eigenvalue weighted by Gasteiger charge is 2.30. The van der Waals surface area contributed by atoms with Gasteiger partial charge in [-0.25, -0.2) is 0 Å². The molecule has 1 aliphatic rings. The summed E-state index contributed by atoms with van der Waals surface area (Å²) in [6.07, 6.45) is 4.08. The van der Waals surface area contributed by atoms with Gasteiger partial charge in [0, 0.05) is 18.6 Å². The van der Waals surface area contributed by atoms with Crippen LogP contribution in [0.15, 0.2) is 0 Å². The molecule has 1 rings (SSSR count). The number of carbonyl (C=O) groups is 1. The molecule has 3 atom stereocenters. The highest BCUT2D eigenvalue weighted by molar-refractivity contribution is 5.69. The summed E-state index contributed by atoms with van der Waals surface area (Å²) >= 11 is 0. The number of ether oxygens (including phenoxy) is 1. The minimum absolute atomic E-state index is 0.133. The summed E-state index contributed by atoms with van der Waals surface area (Å²) in [7, 11) is 1.44. The van der Waals surface area contributed by atoms with Crippen LogP contribution in [-0.4, -0.2) is 43.2 Å². The van der Waals surface area contributed by atoms with Gasteiger partial charge in [-0.2, -0.15) is 0 Å². The first-order valence-corrected chi connectivity index (χ1v) is 6.64. The second kappa shape index (κ2) is 6.97. The van der Waals surface area contributed by atoms with E-state index in [2.05, 4.69) is 18.7 Å². The molecule has 0 amide bonds. The van der Waals surface area contributed by atoms with E-state index in [1.165, 1.54) is 26.4 Å². The van der Waals surface area contributed by atoms with Crippen molar-refractivity contribution in [3.8, 4) is 0 Å². The van der Waals surface area contributed by atoms with E-state index in [0.29, 0.717) is 19.0 Å². The minimum atomic E-state index is -0.133. The molecule has 0 bridgehead atoms. The molecule has 0 aromatic rings. The first-order chi connectivity index (χ1) is 8.12. The van der Waals surface area contributed by atoms with Gasteiger partial charge in [0.05, 0.1) is 13.5 Å². The van der Waals surface area contributed by atoms with Crippen molar-refractivity contribution in [1.82, 2.24) is 4.90 Å². The Hall–Kier alpha value is -0.610. The van der Waals surface area contributed by atoms with Crippen molar-refractivity contribution in [2.45, 2.75) is 51.6 Å². The highest BCUT2D eigenvalue weighted by atomic mass is 16.5. The average Bonchev–Trinajstić information content (AvgIpc) is 2.37. The number of carbonyl (C=O) groups excluding carboxylic acids is 1. The van der Waals surface area contributed by atoms with Crippen LogP contribution >= 0.6 is 0 Å². The van der Waals surface area contributed by atoms with Gasteiger partial charge >= 0.3 is 5.97 Å². The third-order valence-electron chi connectivity index (χ3n) is 3.98. The summed E-state index contributed by atoms with van der Waals surface area (Å²) in [6, 6.07) is 0.655. The van der Waals surface area contributed by atoms with Gasteiger partial charge in [-0.05, 0) is 32.2 Å². The van der Waals surface area contributed by atoms with Crippen molar-refractivity contribution in [1.29, 1.82) is 0 Å². The van der Waals surface area contributed by atoms with E-state index in [-0.39, 0.29) is 12.0 Å². The monoisotopic (exact) mass is 242 g/mol. The van der Waals surface area contributed by atoms with Crippen LogP contribution in [0.1, 0.15) is 39.5 Å². The number of rotatable bonds is 5. The normalized spacial score (nSPS) is 27.8. The Balaban J connectivity index is 2.53. The molecular formula is C13H26N2O2. The molecule has 4 nitrogen and oxygen atoms in total. The van der Waals surface area contributed by atoms with Crippen molar-refractivity contribution in [3.05, 3.63) is 0 Å². The Morgan fingerprint density at radius 3 is 2.82 bits per heavy atom. The molecule has 1 saturated heterocycles.